The van der Waals surface area contributed by atoms with E-state index in [-0.39, 0.29) is 5.82 Å². The molecule has 1 unspecified atom stereocenters. The lowest BCUT2D eigenvalue weighted by molar-refractivity contribution is 0.530. The van der Waals surface area contributed by atoms with Gasteiger partial charge in [-0.2, -0.15) is 0 Å². The number of hydrogen-bond donors (Lipinski definition) is 1. The van der Waals surface area contributed by atoms with Crippen molar-refractivity contribution in [2.75, 3.05) is 13.1 Å². The number of halogens is 1. The van der Waals surface area contributed by atoms with Gasteiger partial charge in [0, 0.05) is 16.7 Å². The van der Waals surface area contributed by atoms with E-state index in [2.05, 4.69) is 5.32 Å². The van der Waals surface area contributed by atoms with Crippen molar-refractivity contribution in [1.29, 1.82) is 0 Å². The number of thioether (sulfide) groups is 1. The summed E-state index contributed by atoms with van der Waals surface area (Å²) in [5, 5.41) is 3.86. The number of rotatable bonds is 2. The molecule has 0 spiro atoms. The van der Waals surface area contributed by atoms with E-state index in [0.29, 0.717) is 5.25 Å². The van der Waals surface area contributed by atoms with E-state index in [4.69, 9.17) is 0 Å². The molecule has 0 saturated carbocycles. The van der Waals surface area contributed by atoms with Crippen LogP contribution in [0, 0.1) is 5.82 Å². The fourth-order valence-electron chi connectivity index (χ4n) is 1.64. The third kappa shape index (κ3) is 2.49. The maximum absolute atomic E-state index is 13.3. The molecule has 0 radical (unpaired) electrons. The summed E-state index contributed by atoms with van der Waals surface area (Å²) < 4.78 is 13.3. The molecule has 1 aliphatic rings. The molecule has 76 valence electrons. The summed E-state index contributed by atoms with van der Waals surface area (Å²) in [6.45, 7) is 2.10. The summed E-state index contributed by atoms with van der Waals surface area (Å²) in [5.74, 6) is -0.0944. The number of hydrogen-bond acceptors (Lipinski definition) is 2. The second kappa shape index (κ2) is 4.80. The van der Waals surface area contributed by atoms with Crippen molar-refractivity contribution in [2.45, 2.75) is 23.0 Å². The van der Waals surface area contributed by atoms with Gasteiger partial charge < -0.3 is 5.32 Å². The monoisotopic (exact) mass is 211 g/mol. The van der Waals surface area contributed by atoms with Crippen LogP contribution in [0.1, 0.15) is 12.8 Å². The lowest BCUT2D eigenvalue weighted by Gasteiger charge is -2.22. The fraction of sp³-hybridized carbons (Fsp3) is 0.455. The van der Waals surface area contributed by atoms with Gasteiger partial charge in [-0.05, 0) is 31.5 Å². The van der Waals surface area contributed by atoms with Crippen LogP contribution in [-0.4, -0.2) is 18.3 Å². The van der Waals surface area contributed by atoms with Crippen molar-refractivity contribution in [2.24, 2.45) is 0 Å². The largest absolute Gasteiger partial charge is 0.316 e. The Kier molecular flexibility index (Phi) is 3.43. The van der Waals surface area contributed by atoms with E-state index < -0.39 is 0 Å². The first-order valence-corrected chi connectivity index (χ1v) is 5.86. The molecule has 0 aliphatic carbocycles. The van der Waals surface area contributed by atoms with Crippen LogP contribution in [0.3, 0.4) is 0 Å². The summed E-state index contributed by atoms with van der Waals surface area (Å²) in [7, 11) is 0. The lowest BCUT2D eigenvalue weighted by atomic mass is 10.2. The van der Waals surface area contributed by atoms with Crippen LogP contribution in [0.2, 0.25) is 0 Å². The second-order valence-electron chi connectivity index (χ2n) is 3.52. The van der Waals surface area contributed by atoms with Gasteiger partial charge in [0.25, 0.3) is 0 Å². The van der Waals surface area contributed by atoms with Crippen LogP contribution in [0.4, 0.5) is 4.39 Å². The first-order valence-electron chi connectivity index (χ1n) is 4.98. The molecule has 1 heterocycles. The maximum atomic E-state index is 13.3. The van der Waals surface area contributed by atoms with Gasteiger partial charge in [0.1, 0.15) is 5.82 Å². The molecule has 1 aliphatic heterocycles. The summed E-state index contributed by atoms with van der Waals surface area (Å²) in [6.07, 6.45) is 2.39. The molecule has 1 nitrogen and oxygen atoms in total. The Labute approximate surface area is 88.1 Å². The van der Waals surface area contributed by atoms with Crippen molar-refractivity contribution >= 4 is 11.8 Å². The van der Waals surface area contributed by atoms with Gasteiger partial charge >= 0.3 is 0 Å². The molecule has 1 aromatic rings. The average molecular weight is 211 g/mol. The third-order valence-electron chi connectivity index (χ3n) is 2.38. The van der Waals surface area contributed by atoms with Crippen LogP contribution in [0.15, 0.2) is 29.2 Å². The van der Waals surface area contributed by atoms with Crippen LogP contribution >= 0.6 is 11.8 Å². The quantitative estimate of drug-likeness (QED) is 0.807. The number of benzene rings is 1. The highest BCUT2D eigenvalue weighted by atomic mass is 32.2. The number of nitrogens with one attached hydrogen (secondary N) is 1. The Morgan fingerprint density at radius 3 is 2.93 bits per heavy atom. The summed E-state index contributed by atoms with van der Waals surface area (Å²) in [5.41, 5.74) is 0. The highest BCUT2D eigenvalue weighted by molar-refractivity contribution is 8.00. The second-order valence-corrected chi connectivity index (χ2v) is 4.86. The minimum absolute atomic E-state index is 0.0944. The van der Waals surface area contributed by atoms with Crippen molar-refractivity contribution in [3.05, 3.63) is 30.1 Å². The molecule has 2 rings (SSSR count). The molecule has 1 aromatic carbocycles. The maximum Gasteiger partial charge on any atom is 0.136 e. The van der Waals surface area contributed by atoms with Crippen molar-refractivity contribution in [1.82, 2.24) is 5.32 Å². The van der Waals surface area contributed by atoms with Crippen LogP contribution in [0.5, 0.6) is 0 Å². The van der Waals surface area contributed by atoms with E-state index in [1.807, 2.05) is 12.1 Å². The predicted molar refractivity (Wildman–Crippen MR) is 58.1 cm³/mol. The fourth-order valence-corrected chi connectivity index (χ4v) is 2.82. The standard InChI is InChI=1S/C11H14FNS/c12-10-5-1-2-6-11(10)14-9-4-3-7-13-8-9/h1-2,5-6,9,13H,3-4,7-8H2. The Hall–Kier alpha value is -0.540. The van der Waals surface area contributed by atoms with Gasteiger partial charge in [0.2, 0.25) is 0 Å². The van der Waals surface area contributed by atoms with Crippen LogP contribution in [-0.2, 0) is 0 Å². The molecule has 0 aromatic heterocycles. The third-order valence-corrected chi connectivity index (χ3v) is 3.70. The first kappa shape index (κ1) is 9.99. The Bertz CT molecular complexity index is 297. The van der Waals surface area contributed by atoms with Gasteiger partial charge in [0.05, 0.1) is 0 Å². The smallest absolute Gasteiger partial charge is 0.136 e. The van der Waals surface area contributed by atoms with Gasteiger partial charge in [-0.1, -0.05) is 12.1 Å². The zero-order valence-corrected chi connectivity index (χ0v) is 8.82. The SMILES string of the molecule is Fc1ccccc1SC1CCCNC1. The van der Waals surface area contributed by atoms with Crippen molar-refractivity contribution in [3.8, 4) is 0 Å². The molecule has 3 heteroatoms. The first-order chi connectivity index (χ1) is 6.86. The summed E-state index contributed by atoms with van der Waals surface area (Å²) in [6, 6.07) is 7.01. The zero-order valence-electron chi connectivity index (χ0n) is 8.00. The molecule has 14 heavy (non-hydrogen) atoms. The van der Waals surface area contributed by atoms with E-state index >= 15 is 0 Å². The van der Waals surface area contributed by atoms with Gasteiger partial charge in [0.15, 0.2) is 0 Å². The van der Waals surface area contributed by atoms with Crippen molar-refractivity contribution < 1.29 is 4.39 Å². The van der Waals surface area contributed by atoms with Crippen LogP contribution < -0.4 is 5.32 Å². The van der Waals surface area contributed by atoms with E-state index in [9.17, 15) is 4.39 Å². The summed E-state index contributed by atoms with van der Waals surface area (Å²) >= 11 is 1.65. The molecule has 1 saturated heterocycles. The Morgan fingerprint density at radius 2 is 2.21 bits per heavy atom. The van der Waals surface area contributed by atoms with Gasteiger partial charge in [-0.15, -0.1) is 11.8 Å². The number of piperidine rings is 1. The van der Waals surface area contributed by atoms with Gasteiger partial charge in [-0.25, -0.2) is 4.39 Å². The molecule has 1 N–H and O–H groups in total. The normalized spacial score (nSPS) is 22.2. The molecule has 1 atom stereocenters. The lowest BCUT2D eigenvalue weighted by Crippen LogP contribution is -2.31. The van der Waals surface area contributed by atoms with Crippen LogP contribution in [0.25, 0.3) is 0 Å². The molecule has 1 fully saturated rings. The minimum Gasteiger partial charge on any atom is -0.316 e. The highest BCUT2D eigenvalue weighted by Gasteiger charge is 2.15. The minimum atomic E-state index is -0.0944. The molecule has 0 bridgehead atoms. The van der Waals surface area contributed by atoms with Gasteiger partial charge in [-0.3, -0.25) is 0 Å². The predicted octanol–water partition coefficient (Wildman–Crippen LogP) is 2.67. The molecule has 0 amide bonds. The van der Waals surface area contributed by atoms with E-state index in [0.717, 1.165) is 18.0 Å². The van der Waals surface area contributed by atoms with Crippen molar-refractivity contribution in [3.63, 3.8) is 0 Å². The van der Waals surface area contributed by atoms with E-state index in [1.165, 1.54) is 18.9 Å². The molecular weight excluding hydrogens is 197 g/mol. The zero-order chi connectivity index (χ0) is 9.80. The highest BCUT2D eigenvalue weighted by Crippen LogP contribution is 2.28. The average Bonchev–Trinajstić information content (AvgIpc) is 2.23. The molecular formula is C11H14FNS. The Morgan fingerprint density at radius 1 is 1.36 bits per heavy atom. The topological polar surface area (TPSA) is 12.0 Å². The Balaban J connectivity index is 1.99. The summed E-state index contributed by atoms with van der Waals surface area (Å²) in [4.78, 5) is 0.779. The van der Waals surface area contributed by atoms with E-state index in [1.54, 1.807) is 17.8 Å².